The molecule has 9 nitrogen and oxygen atoms in total. The normalized spacial score (nSPS) is 16.1. The zero-order valence-electron chi connectivity index (χ0n) is 15.9. The smallest absolute Gasteiger partial charge is 0.271 e. The van der Waals surface area contributed by atoms with Crippen molar-refractivity contribution in [3.8, 4) is 11.5 Å². The predicted octanol–water partition coefficient (Wildman–Crippen LogP) is 1.98. The van der Waals surface area contributed by atoms with Crippen molar-refractivity contribution in [3.05, 3.63) is 51.9 Å². The third kappa shape index (κ3) is 3.28. The zero-order chi connectivity index (χ0) is 20.7. The van der Waals surface area contributed by atoms with Crippen LogP contribution in [0.3, 0.4) is 0 Å². The minimum atomic E-state index is -0.367. The highest BCUT2D eigenvalue weighted by Gasteiger charge is 2.29. The summed E-state index contributed by atoms with van der Waals surface area (Å²) < 4.78 is 12.0. The Morgan fingerprint density at radius 1 is 1.17 bits per heavy atom. The first-order chi connectivity index (χ1) is 14.6. The first-order valence-corrected chi connectivity index (χ1v) is 10.4. The fraction of sp³-hybridized carbons (Fsp3) is 0.300. The van der Waals surface area contributed by atoms with Crippen LogP contribution in [0.4, 0.5) is 5.69 Å². The van der Waals surface area contributed by atoms with Gasteiger partial charge in [0.05, 0.1) is 0 Å². The van der Waals surface area contributed by atoms with Crippen LogP contribution in [0.25, 0.3) is 4.96 Å². The molecule has 154 valence electrons. The highest BCUT2D eigenvalue weighted by molar-refractivity contribution is 7.15. The van der Waals surface area contributed by atoms with Gasteiger partial charge in [-0.15, -0.1) is 11.3 Å². The van der Waals surface area contributed by atoms with Crippen molar-refractivity contribution in [2.24, 2.45) is 5.92 Å². The number of anilines is 1. The Balaban J connectivity index is 1.22. The number of aromatic nitrogens is 2. The van der Waals surface area contributed by atoms with Crippen molar-refractivity contribution in [3.63, 3.8) is 0 Å². The Morgan fingerprint density at radius 2 is 1.97 bits per heavy atom. The number of hydrogen-bond acceptors (Lipinski definition) is 7. The minimum Gasteiger partial charge on any atom is -0.454 e. The van der Waals surface area contributed by atoms with Crippen LogP contribution in [0.5, 0.6) is 11.5 Å². The number of likely N-dealkylation sites (tertiary alicyclic amines) is 1. The van der Waals surface area contributed by atoms with Crippen LogP contribution < -0.4 is 20.3 Å². The number of benzene rings is 1. The van der Waals surface area contributed by atoms with Crippen molar-refractivity contribution in [1.29, 1.82) is 0 Å². The number of ether oxygens (including phenoxy) is 2. The van der Waals surface area contributed by atoms with Crippen LogP contribution in [0.15, 0.2) is 40.8 Å². The average Bonchev–Trinajstić information content (AvgIpc) is 3.43. The number of fused-ring (bicyclic) bond motifs is 2. The van der Waals surface area contributed by atoms with E-state index in [-0.39, 0.29) is 35.6 Å². The van der Waals surface area contributed by atoms with E-state index in [9.17, 15) is 14.4 Å². The molecule has 5 rings (SSSR count). The summed E-state index contributed by atoms with van der Waals surface area (Å²) in [7, 11) is 0. The van der Waals surface area contributed by atoms with Gasteiger partial charge < -0.3 is 19.7 Å². The molecule has 2 aliphatic heterocycles. The molecule has 0 aliphatic carbocycles. The van der Waals surface area contributed by atoms with E-state index >= 15 is 0 Å². The lowest BCUT2D eigenvalue weighted by Gasteiger charge is -2.31. The van der Waals surface area contributed by atoms with E-state index in [2.05, 4.69) is 10.3 Å². The number of amides is 2. The molecule has 1 aromatic carbocycles. The summed E-state index contributed by atoms with van der Waals surface area (Å²) in [6.45, 7) is 0.991. The Hall–Kier alpha value is -3.40. The van der Waals surface area contributed by atoms with E-state index in [1.807, 2.05) is 0 Å². The number of carbonyl (C=O) groups excluding carboxylic acids is 2. The molecule has 1 saturated heterocycles. The van der Waals surface area contributed by atoms with Gasteiger partial charge in [-0.2, -0.15) is 0 Å². The lowest BCUT2D eigenvalue weighted by molar-refractivity contribution is -0.121. The molecule has 2 aromatic heterocycles. The Kier molecular flexibility index (Phi) is 4.62. The van der Waals surface area contributed by atoms with E-state index < -0.39 is 0 Å². The molecule has 2 amide bonds. The van der Waals surface area contributed by atoms with E-state index in [4.69, 9.17) is 9.47 Å². The van der Waals surface area contributed by atoms with Gasteiger partial charge in [-0.25, -0.2) is 4.98 Å². The quantitative estimate of drug-likeness (QED) is 0.687. The number of nitrogens with one attached hydrogen (secondary N) is 1. The third-order valence-corrected chi connectivity index (χ3v) is 6.14. The van der Waals surface area contributed by atoms with Gasteiger partial charge in [0.25, 0.3) is 11.5 Å². The van der Waals surface area contributed by atoms with Gasteiger partial charge in [0.2, 0.25) is 12.7 Å². The van der Waals surface area contributed by atoms with Gasteiger partial charge in [0, 0.05) is 48.5 Å². The maximum atomic E-state index is 12.8. The molecule has 1 N–H and O–H groups in total. The summed E-state index contributed by atoms with van der Waals surface area (Å²) in [6, 6.07) is 5.26. The van der Waals surface area contributed by atoms with E-state index in [0.29, 0.717) is 48.1 Å². The van der Waals surface area contributed by atoms with E-state index in [0.717, 1.165) is 0 Å². The largest absolute Gasteiger partial charge is 0.454 e. The standard InChI is InChI=1S/C20H18N4O5S/c25-17(22-13-1-2-15-16(9-13)29-11-28-15)12-3-5-23(6-4-12)18(26)14-10-21-20-24(19(14)27)7-8-30-20/h1-2,7-10,12H,3-6,11H2,(H,22,25). The average molecular weight is 426 g/mol. The van der Waals surface area contributed by atoms with Gasteiger partial charge in [-0.3, -0.25) is 18.8 Å². The van der Waals surface area contributed by atoms with Crippen LogP contribution in [0.1, 0.15) is 23.2 Å². The second-order valence-electron chi connectivity index (χ2n) is 7.16. The maximum Gasteiger partial charge on any atom is 0.271 e. The number of hydrogen-bond donors (Lipinski definition) is 1. The molecule has 0 saturated carbocycles. The Bertz CT molecular complexity index is 1200. The van der Waals surface area contributed by atoms with Gasteiger partial charge in [0.1, 0.15) is 5.56 Å². The third-order valence-electron chi connectivity index (χ3n) is 5.37. The van der Waals surface area contributed by atoms with E-state index in [1.54, 1.807) is 34.7 Å². The minimum absolute atomic E-state index is 0.0501. The molecule has 2 aliphatic rings. The van der Waals surface area contributed by atoms with Crippen molar-refractivity contribution >= 4 is 33.8 Å². The number of thiazole rings is 1. The molecule has 0 unspecified atom stereocenters. The summed E-state index contributed by atoms with van der Waals surface area (Å²) in [5, 5.41) is 4.66. The summed E-state index contributed by atoms with van der Waals surface area (Å²) in [5.41, 5.74) is 0.328. The van der Waals surface area contributed by atoms with E-state index in [1.165, 1.54) is 21.9 Å². The first-order valence-electron chi connectivity index (χ1n) is 9.55. The predicted molar refractivity (Wildman–Crippen MR) is 109 cm³/mol. The van der Waals surface area contributed by atoms with Crippen molar-refractivity contribution in [2.75, 3.05) is 25.2 Å². The number of piperidine rings is 1. The topological polar surface area (TPSA) is 102 Å². The van der Waals surface area contributed by atoms with Crippen molar-refractivity contribution < 1.29 is 19.1 Å². The first kappa shape index (κ1) is 18.6. The van der Waals surface area contributed by atoms with Crippen molar-refractivity contribution in [2.45, 2.75) is 12.8 Å². The molecule has 30 heavy (non-hydrogen) atoms. The van der Waals surface area contributed by atoms with Crippen LogP contribution in [0.2, 0.25) is 0 Å². The fourth-order valence-electron chi connectivity index (χ4n) is 3.71. The van der Waals surface area contributed by atoms with Gasteiger partial charge in [-0.1, -0.05) is 0 Å². The second kappa shape index (κ2) is 7.45. The monoisotopic (exact) mass is 426 g/mol. The lowest BCUT2D eigenvalue weighted by Crippen LogP contribution is -2.43. The highest BCUT2D eigenvalue weighted by atomic mass is 32.1. The molecule has 0 radical (unpaired) electrons. The van der Waals surface area contributed by atoms with Crippen LogP contribution in [0, 0.1) is 5.92 Å². The Morgan fingerprint density at radius 3 is 2.80 bits per heavy atom. The molecule has 0 spiro atoms. The molecule has 4 heterocycles. The zero-order valence-corrected chi connectivity index (χ0v) is 16.7. The number of carbonyl (C=O) groups is 2. The van der Waals surface area contributed by atoms with Crippen LogP contribution in [-0.4, -0.2) is 46.0 Å². The highest BCUT2D eigenvalue weighted by Crippen LogP contribution is 2.34. The summed E-state index contributed by atoms with van der Waals surface area (Å²) in [5.74, 6) is 0.615. The van der Waals surface area contributed by atoms with Crippen LogP contribution >= 0.6 is 11.3 Å². The van der Waals surface area contributed by atoms with Crippen LogP contribution in [-0.2, 0) is 4.79 Å². The maximum absolute atomic E-state index is 12.8. The van der Waals surface area contributed by atoms with Gasteiger partial charge in [0.15, 0.2) is 16.5 Å². The molecule has 3 aromatic rings. The Labute approximate surface area is 174 Å². The van der Waals surface area contributed by atoms with Crippen molar-refractivity contribution in [1.82, 2.24) is 14.3 Å². The summed E-state index contributed by atoms with van der Waals surface area (Å²) >= 11 is 1.34. The van der Waals surface area contributed by atoms with Gasteiger partial charge >= 0.3 is 0 Å². The number of nitrogens with zero attached hydrogens (tertiary/aromatic N) is 3. The molecular weight excluding hydrogens is 408 g/mol. The molecular formula is C20H18N4O5S. The lowest BCUT2D eigenvalue weighted by atomic mass is 9.95. The molecule has 0 bridgehead atoms. The molecule has 0 atom stereocenters. The molecule has 1 fully saturated rings. The number of rotatable bonds is 3. The molecule has 10 heteroatoms. The van der Waals surface area contributed by atoms with Gasteiger partial charge in [-0.05, 0) is 25.0 Å². The second-order valence-corrected chi connectivity index (χ2v) is 8.03. The summed E-state index contributed by atoms with van der Waals surface area (Å²) in [6.07, 6.45) is 4.00. The SMILES string of the molecule is O=C(Nc1ccc2c(c1)OCO2)C1CCN(C(=O)c2cnc3sccn3c2=O)CC1. The summed E-state index contributed by atoms with van der Waals surface area (Å²) in [4.78, 5) is 44.3. The fourth-order valence-corrected chi connectivity index (χ4v) is 4.38.